The van der Waals surface area contributed by atoms with Crippen LogP contribution in [-0.4, -0.2) is 28.1 Å². The number of hydrogen-bond acceptors (Lipinski definition) is 4. The average molecular weight is 254 g/mol. The molecule has 0 amide bonds. The molecule has 5 heteroatoms. The van der Waals surface area contributed by atoms with Gasteiger partial charge in [0.2, 0.25) is 0 Å². The number of carboxylic acid groups (broad SMARTS) is 1. The molecule has 94 valence electrons. The summed E-state index contributed by atoms with van der Waals surface area (Å²) in [4.78, 5) is 17.4. The van der Waals surface area contributed by atoms with E-state index < -0.39 is 5.97 Å². The van der Waals surface area contributed by atoms with E-state index in [0.29, 0.717) is 6.42 Å². The van der Waals surface area contributed by atoms with Crippen LogP contribution < -0.4 is 4.90 Å². The first-order valence-electron chi connectivity index (χ1n) is 5.93. The van der Waals surface area contributed by atoms with Crippen molar-refractivity contribution in [3.63, 3.8) is 0 Å². The molecule has 17 heavy (non-hydrogen) atoms. The molecule has 0 radical (unpaired) electrons. The van der Waals surface area contributed by atoms with Crippen molar-refractivity contribution in [3.05, 3.63) is 11.1 Å². The largest absolute Gasteiger partial charge is 0.481 e. The molecule has 1 fully saturated rings. The third-order valence-corrected chi connectivity index (χ3v) is 4.18. The van der Waals surface area contributed by atoms with Gasteiger partial charge < -0.3 is 10.0 Å². The van der Waals surface area contributed by atoms with Crippen molar-refractivity contribution in [1.82, 2.24) is 4.98 Å². The fourth-order valence-corrected chi connectivity index (χ4v) is 3.28. The lowest BCUT2D eigenvalue weighted by Gasteiger charge is -2.31. The molecular weight excluding hydrogens is 236 g/mol. The zero-order valence-electron chi connectivity index (χ0n) is 10.3. The molecule has 0 bridgehead atoms. The zero-order chi connectivity index (χ0) is 12.5. The molecule has 1 aromatic rings. The molecule has 0 saturated carbocycles. The van der Waals surface area contributed by atoms with Gasteiger partial charge in [0.05, 0.1) is 12.1 Å². The maximum absolute atomic E-state index is 10.5. The second-order valence-corrected chi connectivity index (χ2v) is 5.92. The number of hydrogen-bond donors (Lipinski definition) is 1. The third kappa shape index (κ3) is 2.77. The second kappa shape index (κ2) is 4.64. The molecule has 2 heterocycles. The van der Waals surface area contributed by atoms with Gasteiger partial charge in [-0.15, -0.1) is 11.3 Å². The molecule has 0 atom stereocenters. The number of aromatic nitrogens is 1. The molecule has 1 aliphatic heterocycles. The lowest BCUT2D eigenvalue weighted by atomic mass is 10.0. The Morgan fingerprint density at radius 2 is 2.41 bits per heavy atom. The van der Waals surface area contributed by atoms with Gasteiger partial charge in [-0.25, -0.2) is 4.98 Å². The average Bonchev–Trinajstić information content (AvgIpc) is 2.80. The van der Waals surface area contributed by atoms with Crippen LogP contribution in [0.2, 0.25) is 0 Å². The summed E-state index contributed by atoms with van der Waals surface area (Å²) in [6.45, 7) is 5.52. The fourth-order valence-electron chi connectivity index (χ4n) is 2.23. The minimum atomic E-state index is -0.763. The van der Waals surface area contributed by atoms with E-state index in [9.17, 15) is 4.79 Å². The number of aryl methyl sites for hydroxylation is 1. The number of carbonyl (C=O) groups is 1. The molecule has 4 nitrogen and oxygen atoms in total. The monoisotopic (exact) mass is 254 g/mol. The van der Waals surface area contributed by atoms with E-state index in [-0.39, 0.29) is 12.0 Å². The van der Waals surface area contributed by atoms with Gasteiger partial charge in [0.1, 0.15) is 0 Å². The van der Waals surface area contributed by atoms with Crippen molar-refractivity contribution in [2.24, 2.45) is 0 Å². The van der Waals surface area contributed by atoms with E-state index in [4.69, 9.17) is 5.11 Å². The number of rotatable bonds is 4. The molecule has 1 N–H and O–H groups in total. The van der Waals surface area contributed by atoms with Crippen LogP contribution in [0.5, 0.6) is 0 Å². The van der Waals surface area contributed by atoms with E-state index in [0.717, 1.165) is 17.4 Å². The molecule has 0 spiro atoms. The van der Waals surface area contributed by atoms with E-state index in [1.807, 2.05) is 5.38 Å². The predicted molar refractivity (Wildman–Crippen MR) is 68.7 cm³/mol. The highest BCUT2D eigenvalue weighted by Crippen LogP contribution is 2.35. The molecule has 0 aliphatic carbocycles. The third-order valence-electron chi connectivity index (χ3n) is 3.27. The molecule has 0 aromatic carbocycles. The number of thiazole rings is 1. The normalized spacial score (nSPS) is 18.6. The molecule has 1 saturated heterocycles. The minimum absolute atomic E-state index is 0.159. The van der Waals surface area contributed by atoms with Gasteiger partial charge in [-0.2, -0.15) is 0 Å². The van der Waals surface area contributed by atoms with Gasteiger partial charge in [-0.05, 0) is 26.7 Å². The SMILES string of the molecule is CC1(C)CCCN1c1nc(CCC(=O)O)cs1. The van der Waals surface area contributed by atoms with Crippen LogP contribution in [0.15, 0.2) is 5.38 Å². The van der Waals surface area contributed by atoms with E-state index in [2.05, 4.69) is 23.7 Å². The minimum Gasteiger partial charge on any atom is -0.481 e. The van der Waals surface area contributed by atoms with Crippen LogP contribution >= 0.6 is 11.3 Å². The summed E-state index contributed by atoms with van der Waals surface area (Å²) in [6.07, 6.45) is 3.08. The van der Waals surface area contributed by atoms with Crippen molar-refractivity contribution < 1.29 is 9.90 Å². The van der Waals surface area contributed by atoms with E-state index >= 15 is 0 Å². The smallest absolute Gasteiger partial charge is 0.303 e. The Bertz CT molecular complexity index is 414. The molecule has 0 unspecified atom stereocenters. The molecule has 1 aromatic heterocycles. The van der Waals surface area contributed by atoms with Gasteiger partial charge in [0, 0.05) is 23.9 Å². The summed E-state index contributed by atoms with van der Waals surface area (Å²) >= 11 is 1.62. The van der Waals surface area contributed by atoms with Crippen molar-refractivity contribution in [2.75, 3.05) is 11.4 Å². The summed E-state index contributed by atoms with van der Waals surface area (Å²) in [5, 5.41) is 11.7. The van der Waals surface area contributed by atoms with Crippen LogP contribution in [0.1, 0.15) is 38.8 Å². The maximum Gasteiger partial charge on any atom is 0.303 e. The quantitative estimate of drug-likeness (QED) is 0.897. The van der Waals surface area contributed by atoms with Crippen LogP contribution in [0.3, 0.4) is 0 Å². The summed E-state index contributed by atoms with van der Waals surface area (Å²) < 4.78 is 0. The van der Waals surface area contributed by atoms with Gasteiger partial charge in [0.25, 0.3) is 0 Å². The van der Waals surface area contributed by atoms with E-state index in [1.165, 1.54) is 12.8 Å². The number of nitrogens with zero attached hydrogens (tertiary/aromatic N) is 2. The van der Waals surface area contributed by atoms with Gasteiger partial charge in [-0.1, -0.05) is 0 Å². The zero-order valence-corrected chi connectivity index (χ0v) is 11.1. The summed E-state index contributed by atoms with van der Waals surface area (Å²) in [5.74, 6) is -0.763. The Hall–Kier alpha value is -1.10. The van der Waals surface area contributed by atoms with Crippen LogP contribution in [0, 0.1) is 0 Å². The number of aliphatic carboxylic acids is 1. The molecular formula is C12H18N2O2S. The summed E-state index contributed by atoms with van der Waals surface area (Å²) in [7, 11) is 0. The highest BCUT2D eigenvalue weighted by molar-refractivity contribution is 7.13. The molecule has 1 aliphatic rings. The van der Waals surface area contributed by atoms with Crippen molar-refractivity contribution in [1.29, 1.82) is 0 Å². The lowest BCUT2D eigenvalue weighted by molar-refractivity contribution is -0.136. The van der Waals surface area contributed by atoms with Crippen molar-refractivity contribution in [2.45, 2.75) is 45.1 Å². The summed E-state index contributed by atoms with van der Waals surface area (Å²) in [6, 6.07) is 0. The maximum atomic E-state index is 10.5. The van der Waals surface area contributed by atoms with E-state index in [1.54, 1.807) is 11.3 Å². The summed E-state index contributed by atoms with van der Waals surface area (Å²) in [5.41, 5.74) is 1.08. The van der Waals surface area contributed by atoms with Crippen molar-refractivity contribution >= 4 is 22.4 Å². The van der Waals surface area contributed by atoms with Crippen LogP contribution in [0.25, 0.3) is 0 Å². The predicted octanol–water partition coefficient (Wildman–Crippen LogP) is 2.54. The topological polar surface area (TPSA) is 53.4 Å². The Balaban J connectivity index is 2.05. The van der Waals surface area contributed by atoms with Crippen LogP contribution in [-0.2, 0) is 11.2 Å². The first kappa shape index (κ1) is 12.4. The Kier molecular flexibility index (Phi) is 3.38. The lowest BCUT2D eigenvalue weighted by Crippen LogP contribution is -2.38. The highest BCUT2D eigenvalue weighted by atomic mass is 32.1. The first-order valence-corrected chi connectivity index (χ1v) is 6.81. The fraction of sp³-hybridized carbons (Fsp3) is 0.667. The Labute approximate surface area is 105 Å². The van der Waals surface area contributed by atoms with Gasteiger partial charge in [-0.3, -0.25) is 4.79 Å². The standard InChI is InChI=1S/C12H18N2O2S/c1-12(2)6-3-7-14(12)11-13-9(8-17-11)4-5-10(15)16/h8H,3-7H2,1-2H3,(H,15,16). The van der Waals surface area contributed by atoms with Gasteiger partial charge in [0.15, 0.2) is 5.13 Å². The first-order chi connectivity index (χ1) is 7.99. The number of anilines is 1. The second-order valence-electron chi connectivity index (χ2n) is 5.08. The number of carboxylic acids is 1. The van der Waals surface area contributed by atoms with Crippen molar-refractivity contribution in [3.8, 4) is 0 Å². The van der Waals surface area contributed by atoms with Gasteiger partial charge >= 0.3 is 5.97 Å². The van der Waals surface area contributed by atoms with Crippen LogP contribution in [0.4, 0.5) is 5.13 Å². The Morgan fingerprint density at radius 3 is 3.00 bits per heavy atom. The Morgan fingerprint density at radius 1 is 1.65 bits per heavy atom. The highest BCUT2D eigenvalue weighted by Gasteiger charge is 2.33. The molecule has 2 rings (SSSR count).